The van der Waals surface area contributed by atoms with Gasteiger partial charge in [-0.1, -0.05) is 18.6 Å². The molecule has 9 atom stereocenters. The normalized spacial score (nSPS) is 33.3. The van der Waals surface area contributed by atoms with Crippen LogP contribution in [0, 0.1) is 49.2 Å². The van der Waals surface area contributed by atoms with Crippen molar-refractivity contribution in [3.63, 3.8) is 0 Å². The Balaban J connectivity index is 0.894. The molecule has 8 nitrogen and oxygen atoms in total. The summed E-state index contributed by atoms with van der Waals surface area (Å²) in [4.78, 5) is 29.9. The number of piperidine rings is 2. The van der Waals surface area contributed by atoms with Gasteiger partial charge in [0.05, 0.1) is 0 Å². The fraction of sp³-hybridized carbons (Fsp3) is 0.667. The van der Waals surface area contributed by atoms with E-state index in [2.05, 4.69) is 31.5 Å². The van der Waals surface area contributed by atoms with Crippen LogP contribution >= 0.6 is 0 Å². The molecule has 2 aliphatic carbocycles. The molecule has 4 aliphatic heterocycles. The van der Waals surface area contributed by atoms with Crippen LogP contribution in [0.4, 0.5) is 20.2 Å². The molecule has 10 heteroatoms. The molecule has 2 saturated heterocycles. The van der Waals surface area contributed by atoms with Crippen LogP contribution < -0.4 is 26.6 Å². The Morgan fingerprint density at radius 1 is 0.692 bits per heavy atom. The summed E-state index contributed by atoms with van der Waals surface area (Å²) in [6.07, 6.45) is 13.1. The van der Waals surface area contributed by atoms with Crippen molar-refractivity contribution in [2.75, 3.05) is 36.8 Å². The van der Waals surface area contributed by atoms with Crippen LogP contribution in [0.15, 0.2) is 24.3 Å². The van der Waals surface area contributed by atoms with Gasteiger partial charge in [0.1, 0.15) is 23.7 Å². The highest BCUT2D eigenvalue weighted by molar-refractivity contribution is 5.89. The highest BCUT2D eigenvalue weighted by Gasteiger charge is 2.41. The summed E-state index contributed by atoms with van der Waals surface area (Å²) in [6.45, 7) is 8.27. The van der Waals surface area contributed by atoms with Crippen LogP contribution in [0.2, 0.25) is 0 Å². The lowest BCUT2D eigenvalue weighted by molar-refractivity contribution is -0.123. The van der Waals surface area contributed by atoms with Gasteiger partial charge in [-0.05, 0) is 145 Å². The summed E-state index contributed by atoms with van der Waals surface area (Å²) in [7, 11) is 0. The average molecular weight is 717 g/mol. The van der Waals surface area contributed by atoms with E-state index in [0.717, 1.165) is 80.8 Å². The van der Waals surface area contributed by atoms with Gasteiger partial charge in [-0.15, -0.1) is 0 Å². The topological polar surface area (TPSA) is 97.5 Å². The minimum absolute atomic E-state index is 0.00932. The predicted octanol–water partition coefficient (Wildman–Crippen LogP) is 6.00. The van der Waals surface area contributed by atoms with Crippen LogP contribution in [0.25, 0.3) is 0 Å². The summed E-state index contributed by atoms with van der Waals surface area (Å²) in [6, 6.07) is 6.40. The standard InChI is InChI=1S/C42H58F2N6O2/c1-24-10-12-35(43)33-20-37(48-39(24)33)41(51)46-30-9-3-6-26(16-30)28-8-5-15-50(23-28)32-18-29(27-7-4-14-45-22-27)17-31(19-32)47-42(52)38-21-34-36(44)13-11-25(2)40(34)49-38/h10-13,26-32,37-38,45,48-49H,3-9,14-23H2,1-2H3,(H,46,51)(H,47,52)/t26-,27?,28?,29+,30+,31+,32?,37?,38?/m0/s1. The van der Waals surface area contributed by atoms with Crippen molar-refractivity contribution in [3.05, 3.63) is 58.2 Å². The Kier molecular flexibility index (Phi) is 10.5. The lowest BCUT2D eigenvalue weighted by atomic mass is 9.71. The van der Waals surface area contributed by atoms with Crippen LogP contribution in [0.3, 0.4) is 0 Å². The van der Waals surface area contributed by atoms with Gasteiger partial charge in [-0.3, -0.25) is 9.59 Å². The maximum atomic E-state index is 14.6. The molecule has 8 rings (SSSR count). The molecule has 2 saturated carbocycles. The minimum atomic E-state index is -0.440. The van der Waals surface area contributed by atoms with Crippen LogP contribution in [-0.4, -0.2) is 73.1 Å². The molecule has 4 fully saturated rings. The first-order valence-corrected chi connectivity index (χ1v) is 20.3. The highest BCUT2D eigenvalue weighted by Crippen LogP contribution is 2.41. The van der Waals surface area contributed by atoms with E-state index >= 15 is 0 Å². The molecule has 52 heavy (non-hydrogen) atoms. The number of benzene rings is 2. The second-order valence-corrected chi connectivity index (χ2v) is 17.2. The molecule has 5 unspecified atom stereocenters. The van der Waals surface area contributed by atoms with E-state index in [0.29, 0.717) is 53.7 Å². The van der Waals surface area contributed by atoms with Crippen molar-refractivity contribution in [2.24, 2.45) is 23.7 Å². The number of carbonyl (C=O) groups excluding carboxylic acids is 2. The predicted molar refractivity (Wildman–Crippen MR) is 201 cm³/mol. The number of nitrogens with one attached hydrogen (secondary N) is 5. The Hall–Kier alpha value is -3.24. The largest absolute Gasteiger partial charge is 0.373 e. The van der Waals surface area contributed by atoms with Crippen molar-refractivity contribution in [2.45, 2.75) is 128 Å². The SMILES string of the molecule is Cc1ccc(F)c2c1NC(C(=O)N[C@@H]1CCC[C@H](C3CCCN(C4C[C@H](NC(=O)C5Cc6c(F)ccc(C)c6N5)C[C@@H](C5CCCNC5)C4)C3)C1)C2. The molecular weight excluding hydrogens is 658 g/mol. The van der Waals surface area contributed by atoms with E-state index in [1.165, 1.54) is 50.7 Å². The van der Waals surface area contributed by atoms with Crippen molar-refractivity contribution < 1.29 is 18.4 Å². The van der Waals surface area contributed by atoms with Crippen molar-refractivity contribution in [1.29, 1.82) is 0 Å². The monoisotopic (exact) mass is 716 g/mol. The lowest BCUT2D eigenvalue weighted by Gasteiger charge is -2.48. The van der Waals surface area contributed by atoms with Gasteiger partial charge < -0.3 is 31.5 Å². The molecular formula is C42H58F2N6O2. The minimum Gasteiger partial charge on any atom is -0.373 e. The first kappa shape index (κ1) is 35.8. The number of carbonyl (C=O) groups is 2. The molecule has 0 bridgehead atoms. The van der Waals surface area contributed by atoms with E-state index in [1.54, 1.807) is 12.1 Å². The molecule has 4 heterocycles. The highest BCUT2D eigenvalue weighted by atomic mass is 19.1. The molecule has 0 spiro atoms. The molecule has 5 N–H and O–H groups in total. The van der Waals surface area contributed by atoms with Gasteiger partial charge in [0, 0.05) is 60.0 Å². The van der Waals surface area contributed by atoms with Gasteiger partial charge >= 0.3 is 0 Å². The second kappa shape index (κ2) is 15.2. The van der Waals surface area contributed by atoms with Crippen molar-refractivity contribution >= 4 is 23.2 Å². The summed E-state index contributed by atoms with van der Waals surface area (Å²) in [5, 5.41) is 17.1. The smallest absolute Gasteiger partial charge is 0.243 e. The zero-order chi connectivity index (χ0) is 35.9. The molecule has 2 aromatic carbocycles. The average Bonchev–Trinajstić information content (AvgIpc) is 3.84. The number of fused-ring (bicyclic) bond motifs is 2. The maximum Gasteiger partial charge on any atom is 0.243 e. The summed E-state index contributed by atoms with van der Waals surface area (Å²) >= 11 is 0. The van der Waals surface area contributed by atoms with E-state index in [9.17, 15) is 18.4 Å². The quantitative estimate of drug-likeness (QED) is 0.242. The summed E-state index contributed by atoms with van der Waals surface area (Å²) in [5.74, 6) is 1.88. The third kappa shape index (κ3) is 7.43. The van der Waals surface area contributed by atoms with E-state index < -0.39 is 12.1 Å². The first-order valence-electron chi connectivity index (χ1n) is 20.3. The molecule has 282 valence electrons. The van der Waals surface area contributed by atoms with Crippen LogP contribution in [-0.2, 0) is 22.4 Å². The number of likely N-dealkylation sites (tertiary alicyclic amines) is 1. The zero-order valence-electron chi connectivity index (χ0n) is 31.0. The van der Waals surface area contributed by atoms with E-state index in [-0.39, 0.29) is 35.5 Å². The first-order chi connectivity index (χ1) is 25.2. The van der Waals surface area contributed by atoms with Gasteiger partial charge in [0.25, 0.3) is 0 Å². The van der Waals surface area contributed by atoms with E-state index in [1.807, 2.05) is 13.8 Å². The molecule has 0 aromatic heterocycles. The summed E-state index contributed by atoms with van der Waals surface area (Å²) in [5.41, 5.74) is 4.77. The van der Waals surface area contributed by atoms with Crippen LogP contribution in [0.1, 0.15) is 92.9 Å². The molecule has 6 aliphatic rings. The van der Waals surface area contributed by atoms with Crippen LogP contribution in [0.5, 0.6) is 0 Å². The number of hydrogen-bond donors (Lipinski definition) is 5. The maximum absolute atomic E-state index is 14.6. The number of rotatable bonds is 7. The number of anilines is 2. The third-order valence-electron chi connectivity index (χ3n) is 13.8. The van der Waals surface area contributed by atoms with Gasteiger partial charge in [-0.2, -0.15) is 0 Å². The Morgan fingerprint density at radius 2 is 1.31 bits per heavy atom. The van der Waals surface area contributed by atoms with Gasteiger partial charge in [-0.25, -0.2) is 8.78 Å². The second-order valence-electron chi connectivity index (χ2n) is 17.2. The summed E-state index contributed by atoms with van der Waals surface area (Å²) < 4.78 is 29.1. The zero-order valence-corrected chi connectivity index (χ0v) is 31.0. The van der Waals surface area contributed by atoms with Crippen molar-refractivity contribution in [3.8, 4) is 0 Å². The fourth-order valence-electron chi connectivity index (χ4n) is 11.0. The number of halogens is 2. The number of hydrogen-bond acceptors (Lipinski definition) is 6. The lowest BCUT2D eigenvalue weighted by Crippen LogP contribution is -2.54. The van der Waals surface area contributed by atoms with Crippen molar-refractivity contribution in [1.82, 2.24) is 20.9 Å². The van der Waals surface area contributed by atoms with Gasteiger partial charge in [0.2, 0.25) is 11.8 Å². The molecule has 2 amide bonds. The molecule has 0 radical (unpaired) electrons. The van der Waals surface area contributed by atoms with Gasteiger partial charge in [0.15, 0.2) is 0 Å². The molecule has 2 aromatic rings. The Morgan fingerprint density at radius 3 is 1.94 bits per heavy atom. The Bertz CT molecular complexity index is 1580. The van der Waals surface area contributed by atoms with E-state index in [4.69, 9.17) is 0 Å². The number of aryl methyl sites for hydroxylation is 2. The third-order valence-corrected chi connectivity index (χ3v) is 13.8. The number of amides is 2. The number of nitrogens with zero attached hydrogens (tertiary/aromatic N) is 1. The Labute approximate surface area is 308 Å². The fourth-order valence-corrected chi connectivity index (χ4v) is 11.0.